The van der Waals surface area contributed by atoms with Crippen LogP contribution in [0.3, 0.4) is 0 Å². The zero-order valence-corrected chi connectivity index (χ0v) is 11.1. The van der Waals surface area contributed by atoms with Gasteiger partial charge in [-0.2, -0.15) is 0 Å². The van der Waals surface area contributed by atoms with E-state index < -0.39 is 10.0 Å². The van der Waals surface area contributed by atoms with E-state index in [0.29, 0.717) is 0 Å². The van der Waals surface area contributed by atoms with Crippen LogP contribution in [0.4, 0.5) is 5.69 Å². The molecule has 0 aliphatic carbocycles. The van der Waals surface area contributed by atoms with Crippen LogP contribution in [0.15, 0.2) is 29.2 Å². The fraction of sp³-hybridized carbons (Fsp3) is 0.500. The second-order valence-corrected chi connectivity index (χ2v) is 6.12. The Kier molecular flexibility index (Phi) is 3.89. The van der Waals surface area contributed by atoms with Crippen LogP contribution in [0, 0.1) is 0 Å². The maximum atomic E-state index is 11.1. The van der Waals surface area contributed by atoms with E-state index in [1.54, 1.807) is 12.1 Å². The first kappa shape index (κ1) is 13.3. The third-order valence-corrected chi connectivity index (χ3v) is 4.03. The van der Waals surface area contributed by atoms with Gasteiger partial charge in [-0.25, -0.2) is 13.6 Å². The van der Waals surface area contributed by atoms with Gasteiger partial charge in [0.15, 0.2) is 0 Å². The first-order valence-electron chi connectivity index (χ1n) is 5.98. The van der Waals surface area contributed by atoms with Crippen LogP contribution < -0.4 is 10.5 Å². The molecule has 2 unspecified atom stereocenters. The fourth-order valence-corrected chi connectivity index (χ4v) is 2.61. The lowest BCUT2D eigenvalue weighted by Crippen LogP contribution is -2.29. The molecule has 18 heavy (non-hydrogen) atoms. The van der Waals surface area contributed by atoms with Crippen molar-refractivity contribution in [2.45, 2.75) is 36.8 Å². The van der Waals surface area contributed by atoms with Gasteiger partial charge in [-0.1, -0.05) is 0 Å². The van der Waals surface area contributed by atoms with E-state index in [1.807, 2.05) is 0 Å². The van der Waals surface area contributed by atoms with Crippen molar-refractivity contribution in [2.24, 2.45) is 5.14 Å². The third-order valence-electron chi connectivity index (χ3n) is 3.10. The monoisotopic (exact) mass is 270 g/mol. The molecule has 1 saturated heterocycles. The van der Waals surface area contributed by atoms with Crippen molar-refractivity contribution in [3.05, 3.63) is 24.3 Å². The number of anilines is 1. The van der Waals surface area contributed by atoms with Crippen molar-refractivity contribution < 1.29 is 13.2 Å². The highest BCUT2D eigenvalue weighted by molar-refractivity contribution is 7.89. The van der Waals surface area contributed by atoms with Crippen LogP contribution >= 0.6 is 0 Å². The minimum absolute atomic E-state index is 0.123. The number of hydrogen-bond donors (Lipinski definition) is 2. The molecule has 1 heterocycles. The van der Waals surface area contributed by atoms with Crippen molar-refractivity contribution in [1.82, 2.24) is 0 Å². The summed E-state index contributed by atoms with van der Waals surface area (Å²) < 4.78 is 27.8. The highest BCUT2D eigenvalue weighted by atomic mass is 32.2. The third kappa shape index (κ3) is 3.22. The Morgan fingerprint density at radius 2 is 2.06 bits per heavy atom. The Morgan fingerprint density at radius 1 is 1.39 bits per heavy atom. The van der Waals surface area contributed by atoms with Crippen LogP contribution in [-0.2, 0) is 14.8 Å². The van der Waals surface area contributed by atoms with Gasteiger partial charge in [0.1, 0.15) is 0 Å². The summed E-state index contributed by atoms with van der Waals surface area (Å²) in [7, 11) is -3.62. The van der Waals surface area contributed by atoms with Crippen LogP contribution in [-0.4, -0.2) is 27.2 Å². The Hall–Kier alpha value is -1.11. The highest BCUT2D eigenvalue weighted by Gasteiger charge is 2.22. The molecular formula is C12H18N2O3S. The van der Waals surface area contributed by atoms with Gasteiger partial charge in [0.25, 0.3) is 0 Å². The maximum absolute atomic E-state index is 11.1. The van der Waals surface area contributed by atoms with Gasteiger partial charge in [-0.15, -0.1) is 0 Å². The standard InChI is InChI=1S/C12H18N2O3S/c1-9(12-3-2-8-17-12)14-10-4-6-11(7-5-10)18(13,15)16/h4-7,9,12,14H,2-3,8H2,1H3,(H2,13,15,16). The topological polar surface area (TPSA) is 81.4 Å². The second kappa shape index (κ2) is 5.26. The molecule has 0 amide bonds. The number of nitrogens with two attached hydrogens (primary N) is 1. The normalized spacial score (nSPS) is 21.8. The molecule has 0 spiro atoms. The average Bonchev–Trinajstić information content (AvgIpc) is 2.82. The molecule has 100 valence electrons. The number of hydrogen-bond acceptors (Lipinski definition) is 4. The molecule has 1 aliphatic heterocycles. The first-order valence-corrected chi connectivity index (χ1v) is 7.52. The molecule has 1 aromatic rings. The quantitative estimate of drug-likeness (QED) is 0.864. The van der Waals surface area contributed by atoms with Crippen molar-refractivity contribution in [3.63, 3.8) is 0 Å². The predicted molar refractivity (Wildman–Crippen MR) is 69.9 cm³/mol. The number of primary sulfonamides is 1. The molecule has 5 nitrogen and oxygen atoms in total. The SMILES string of the molecule is CC(Nc1ccc(S(N)(=O)=O)cc1)C1CCCO1. The summed E-state index contributed by atoms with van der Waals surface area (Å²) in [5.41, 5.74) is 0.866. The van der Waals surface area contributed by atoms with Gasteiger partial charge >= 0.3 is 0 Å². The Balaban J connectivity index is 2.02. The zero-order valence-electron chi connectivity index (χ0n) is 10.3. The van der Waals surface area contributed by atoms with E-state index in [9.17, 15) is 8.42 Å². The maximum Gasteiger partial charge on any atom is 0.238 e. The van der Waals surface area contributed by atoms with E-state index in [2.05, 4.69) is 12.2 Å². The Bertz CT molecular complexity index is 493. The summed E-state index contributed by atoms with van der Waals surface area (Å²) >= 11 is 0. The summed E-state index contributed by atoms with van der Waals surface area (Å²) in [4.78, 5) is 0.123. The minimum atomic E-state index is -3.62. The number of rotatable bonds is 4. The molecule has 2 rings (SSSR count). The number of benzene rings is 1. The fourth-order valence-electron chi connectivity index (χ4n) is 2.09. The van der Waals surface area contributed by atoms with Crippen LogP contribution in [0.2, 0.25) is 0 Å². The van der Waals surface area contributed by atoms with Gasteiger partial charge in [-0.05, 0) is 44.0 Å². The van der Waals surface area contributed by atoms with Gasteiger partial charge in [0, 0.05) is 18.3 Å². The molecule has 0 radical (unpaired) electrons. The number of ether oxygens (including phenoxy) is 1. The smallest absolute Gasteiger partial charge is 0.238 e. The lowest BCUT2D eigenvalue weighted by Gasteiger charge is -2.21. The Morgan fingerprint density at radius 3 is 2.56 bits per heavy atom. The Labute approximate surface area is 107 Å². The summed E-state index contributed by atoms with van der Waals surface area (Å²) in [5, 5.41) is 8.34. The lowest BCUT2D eigenvalue weighted by molar-refractivity contribution is 0.0996. The molecule has 0 bridgehead atoms. The van der Waals surface area contributed by atoms with E-state index in [4.69, 9.17) is 9.88 Å². The van der Waals surface area contributed by atoms with E-state index in [1.165, 1.54) is 12.1 Å². The van der Waals surface area contributed by atoms with Gasteiger partial charge in [0.05, 0.1) is 11.0 Å². The zero-order chi connectivity index (χ0) is 13.2. The van der Waals surface area contributed by atoms with Crippen molar-refractivity contribution in [1.29, 1.82) is 0 Å². The largest absolute Gasteiger partial charge is 0.380 e. The van der Waals surface area contributed by atoms with Crippen molar-refractivity contribution in [3.8, 4) is 0 Å². The lowest BCUT2D eigenvalue weighted by atomic mass is 10.1. The van der Waals surface area contributed by atoms with Gasteiger partial charge in [-0.3, -0.25) is 0 Å². The molecule has 0 aromatic heterocycles. The summed E-state index contributed by atoms with van der Waals surface area (Å²) in [5.74, 6) is 0. The van der Waals surface area contributed by atoms with E-state index in [0.717, 1.165) is 25.1 Å². The van der Waals surface area contributed by atoms with E-state index in [-0.39, 0.29) is 17.0 Å². The minimum Gasteiger partial charge on any atom is -0.380 e. The summed E-state index contributed by atoms with van der Waals surface area (Å²) in [6.07, 6.45) is 2.38. The van der Waals surface area contributed by atoms with Gasteiger partial charge in [0.2, 0.25) is 10.0 Å². The molecule has 3 N–H and O–H groups in total. The summed E-state index contributed by atoms with van der Waals surface area (Å²) in [6, 6.07) is 6.63. The molecular weight excluding hydrogens is 252 g/mol. The van der Waals surface area contributed by atoms with Crippen molar-refractivity contribution in [2.75, 3.05) is 11.9 Å². The summed E-state index contributed by atoms with van der Waals surface area (Å²) in [6.45, 7) is 2.88. The van der Waals surface area contributed by atoms with Crippen LogP contribution in [0.5, 0.6) is 0 Å². The average molecular weight is 270 g/mol. The molecule has 1 fully saturated rings. The number of nitrogens with one attached hydrogen (secondary N) is 1. The van der Waals surface area contributed by atoms with Gasteiger partial charge < -0.3 is 10.1 Å². The first-order chi connectivity index (χ1) is 8.47. The molecule has 1 aliphatic rings. The predicted octanol–water partition coefficient (Wildman–Crippen LogP) is 1.31. The molecule has 1 aromatic carbocycles. The molecule has 6 heteroatoms. The van der Waals surface area contributed by atoms with Crippen molar-refractivity contribution >= 4 is 15.7 Å². The van der Waals surface area contributed by atoms with Crippen LogP contribution in [0.1, 0.15) is 19.8 Å². The molecule has 0 saturated carbocycles. The number of sulfonamides is 1. The van der Waals surface area contributed by atoms with E-state index >= 15 is 0 Å². The highest BCUT2D eigenvalue weighted by Crippen LogP contribution is 2.20. The second-order valence-electron chi connectivity index (χ2n) is 4.55. The van der Waals surface area contributed by atoms with Crippen LogP contribution in [0.25, 0.3) is 0 Å². The molecule has 2 atom stereocenters.